The molecule has 1 aromatic carbocycles. The van der Waals surface area contributed by atoms with Crippen LogP contribution in [-0.4, -0.2) is 0 Å². The molecule has 0 saturated carbocycles. The average molecular weight is 278 g/mol. The molecule has 18 heavy (non-hydrogen) atoms. The van der Waals surface area contributed by atoms with Crippen molar-refractivity contribution in [3.05, 3.63) is 56.7 Å². The average Bonchev–Trinajstić information content (AvgIpc) is 2.86. The fourth-order valence-electron chi connectivity index (χ4n) is 2.57. The lowest BCUT2D eigenvalue weighted by Gasteiger charge is -2.24. The predicted molar refractivity (Wildman–Crippen MR) is 78.3 cm³/mol. The Morgan fingerprint density at radius 2 is 2.17 bits per heavy atom. The Kier molecular flexibility index (Phi) is 3.69. The molecule has 0 spiro atoms. The summed E-state index contributed by atoms with van der Waals surface area (Å²) in [6.07, 6.45) is 3.76. The van der Waals surface area contributed by atoms with E-state index in [1.165, 1.54) is 30.4 Å². The van der Waals surface area contributed by atoms with Gasteiger partial charge in [0.15, 0.2) is 0 Å². The van der Waals surface area contributed by atoms with E-state index < -0.39 is 0 Å². The molecule has 1 aliphatic carbocycles. The number of hydrogen-bond donors (Lipinski definition) is 1. The van der Waals surface area contributed by atoms with Gasteiger partial charge in [-0.05, 0) is 47.9 Å². The van der Waals surface area contributed by atoms with Crippen LogP contribution in [0.15, 0.2) is 35.7 Å². The van der Waals surface area contributed by atoms with Gasteiger partial charge in [0.05, 0.1) is 0 Å². The molecular formula is C15H16ClNS. The van der Waals surface area contributed by atoms with E-state index in [1.54, 1.807) is 4.88 Å². The lowest BCUT2D eigenvalue weighted by atomic mass is 9.94. The summed E-state index contributed by atoms with van der Waals surface area (Å²) in [5.41, 5.74) is 2.68. The van der Waals surface area contributed by atoms with E-state index in [1.807, 2.05) is 29.5 Å². The zero-order chi connectivity index (χ0) is 12.4. The maximum absolute atomic E-state index is 6.18. The quantitative estimate of drug-likeness (QED) is 0.867. The van der Waals surface area contributed by atoms with E-state index in [4.69, 9.17) is 11.6 Å². The maximum atomic E-state index is 6.18. The molecule has 0 amide bonds. The second-order valence-corrected chi connectivity index (χ2v) is 6.12. The topological polar surface area (TPSA) is 12.0 Å². The van der Waals surface area contributed by atoms with Crippen LogP contribution in [0.1, 0.15) is 34.9 Å². The number of fused-ring (bicyclic) bond motifs is 1. The largest absolute Gasteiger partial charge is 0.306 e. The number of halogens is 1. The van der Waals surface area contributed by atoms with Gasteiger partial charge < -0.3 is 5.32 Å². The normalized spacial score (nSPS) is 18.6. The Balaban J connectivity index is 1.71. The third-order valence-electron chi connectivity index (χ3n) is 3.55. The highest BCUT2D eigenvalue weighted by Gasteiger charge is 2.20. The predicted octanol–water partition coefficient (Wildman–Crippen LogP) is 4.57. The first-order chi connectivity index (χ1) is 8.84. The van der Waals surface area contributed by atoms with Crippen molar-refractivity contribution in [1.82, 2.24) is 5.32 Å². The number of benzene rings is 1. The highest BCUT2D eigenvalue weighted by atomic mass is 35.5. The van der Waals surface area contributed by atoms with Crippen molar-refractivity contribution in [2.45, 2.75) is 31.8 Å². The molecule has 94 valence electrons. The molecule has 1 aliphatic rings. The molecule has 3 heteroatoms. The summed E-state index contributed by atoms with van der Waals surface area (Å²) in [4.78, 5) is 1.55. The molecule has 1 N–H and O–H groups in total. The van der Waals surface area contributed by atoms with Crippen LogP contribution in [0.4, 0.5) is 0 Å². The van der Waals surface area contributed by atoms with E-state index >= 15 is 0 Å². The molecule has 0 fully saturated rings. The van der Waals surface area contributed by atoms with Crippen LogP contribution >= 0.6 is 22.9 Å². The Morgan fingerprint density at radius 1 is 1.28 bits per heavy atom. The van der Waals surface area contributed by atoms with Crippen LogP contribution in [-0.2, 0) is 13.0 Å². The third kappa shape index (κ3) is 2.46. The Labute approximate surface area is 117 Å². The van der Waals surface area contributed by atoms with Crippen molar-refractivity contribution in [2.24, 2.45) is 0 Å². The van der Waals surface area contributed by atoms with E-state index in [2.05, 4.69) is 22.8 Å². The minimum Gasteiger partial charge on any atom is -0.306 e. The van der Waals surface area contributed by atoms with Crippen molar-refractivity contribution in [2.75, 3.05) is 0 Å². The molecule has 1 unspecified atom stereocenters. The van der Waals surface area contributed by atoms with Crippen LogP contribution in [0.3, 0.4) is 0 Å². The second kappa shape index (κ2) is 5.43. The molecule has 0 bridgehead atoms. The smallest absolute Gasteiger partial charge is 0.0450 e. The first-order valence-electron chi connectivity index (χ1n) is 6.37. The summed E-state index contributed by atoms with van der Waals surface area (Å²) in [6, 6.07) is 10.8. The number of hydrogen-bond acceptors (Lipinski definition) is 2. The van der Waals surface area contributed by atoms with Crippen LogP contribution in [0, 0.1) is 0 Å². The molecule has 0 aliphatic heterocycles. The van der Waals surface area contributed by atoms with Gasteiger partial charge in [-0.2, -0.15) is 0 Å². The van der Waals surface area contributed by atoms with Gasteiger partial charge in [0.1, 0.15) is 0 Å². The number of aryl methyl sites for hydroxylation is 1. The van der Waals surface area contributed by atoms with Gasteiger partial charge in [0.25, 0.3) is 0 Å². The monoisotopic (exact) mass is 277 g/mol. The van der Waals surface area contributed by atoms with Crippen molar-refractivity contribution >= 4 is 22.9 Å². The van der Waals surface area contributed by atoms with Crippen LogP contribution in [0.25, 0.3) is 0 Å². The van der Waals surface area contributed by atoms with Crippen molar-refractivity contribution in [3.63, 3.8) is 0 Å². The first-order valence-corrected chi connectivity index (χ1v) is 7.63. The zero-order valence-electron chi connectivity index (χ0n) is 10.2. The molecule has 0 radical (unpaired) electrons. The summed E-state index contributed by atoms with van der Waals surface area (Å²) in [7, 11) is 0. The summed E-state index contributed by atoms with van der Waals surface area (Å²) < 4.78 is 0. The molecule has 1 heterocycles. The van der Waals surface area contributed by atoms with Crippen molar-refractivity contribution in [1.29, 1.82) is 0 Å². The van der Waals surface area contributed by atoms with Crippen molar-refractivity contribution < 1.29 is 0 Å². The van der Waals surface area contributed by atoms with Gasteiger partial charge in [-0.3, -0.25) is 0 Å². The fraction of sp³-hybridized carbons (Fsp3) is 0.333. The van der Waals surface area contributed by atoms with E-state index in [9.17, 15) is 0 Å². The fourth-order valence-corrected chi connectivity index (χ4v) is 3.76. The van der Waals surface area contributed by atoms with Gasteiger partial charge >= 0.3 is 0 Å². The lowest BCUT2D eigenvalue weighted by Crippen LogP contribution is -2.23. The molecule has 0 saturated heterocycles. The van der Waals surface area contributed by atoms with Gasteiger partial charge in [-0.1, -0.05) is 29.8 Å². The molecular weight excluding hydrogens is 262 g/mol. The van der Waals surface area contributed by atoms with Gasteiger partial charge in [-0.15, -0.1) is 11.3 Å². The Hall–Kier alpha value is -0.830. The molecule has 1 atom stereocenters. The Morgan fingerprint density at radius 3 is 3.06 bits per heavy atom. The summed E-state index contributed by atoms with van der Waals surface area (Å²) in [5.74, 6) is 0. The summed E-state index contributed by atoms with van der Waals surface area (Å²) in [5, 5.41) is 6.70. The maximum Gasteiger partial charge on any atom is 0.0450 e. The molecule has 1 nitrogen and oxygen atoms in total. The van der Waals surface area contributed by atoms with E-state index in [0.717, 1.165) is 11.6 Å². The number of rotatable bonds is 3. The number of thiophene rings is 1. The van der Waals surface area contributed by atoms with Crippen LogP contribution < -0.4 is 5.32 Å². The first kappa shape index (κ1) is 12.2. The SMILES string of the molecule is Clc1ccccc1CNC1CCCc2sccc21. The lowest BCUT2D eigenvalue weighted by molar-refractivity contribution is 0.463. The molecule has 3 rings (SSSR count). The Bertz CT molecular complexity index is 535. The highest BCUT2D eigenvalue weighted by molar-refractivity contribution is 7.10. The summed E-state index contributed by atoms with van der Waals surface area (Å²) in [6.45, 7) is 0.847. The molecule has 1 aromatic heterocycles. The minimum absolute atomic E-state index is 0.497. The standard InChI is InChI=1S/C15H16ClNS/c16-13-5-2-1-4-11(13)10-17-14-6-3-7-15-12(14)8-9-18-15/h1-2,4-5,8-9,14,17H,3,6-7,10H2. The zero-order valence-corrected chi connectivity index (χ0v) is 11.7. The highest BCUT2D eigenvalue weighted by Crippen LogP contribution is 2.33. The molecule has 2 aromatic rings. The van der Waals surface area contributed by atoms with Gasteiger partial charge in [0, 0.05) is 22.5 Å². The van der Waals surface area contributed by atoms with Crippen molar-refractivity contribution in [3.8, 4) is 0 Å². The van der Waals surface area contributed by atoms with E-state index in [-0.39, 0.29) is 0 Å². The van der Waals surface area contributed by atoms with Gasteiger partial charge in [0.2, 0.25) is 0 Å². The number of nitrogens with one attached hydrogen (secondary N) is 1. The van der Waals surface area contributed by atoms with Crippen LogP contribution in [0.2, 0.25) is 5.02 Å². The van der Waals surface area contributed by atoms with Gasteiger partial charge in [-0.25, -0.2) is 0 Å². The van der Waals surface area contributed by atoms with Crippen LogP contribution in [0.5, 0.6) is 0 Å². The minimum atomic E-state index is 0.497. The second-order valence-electron chi connectivity index (χ2n) is 4.72. The third-order valence-corrected chi connectivity index (χ3v) is 4.91. The van der Waals surface area contributed by atoms with E-state index in [0.29, 0.717) is 6.04 Å². The summed E-state index contributed by atoms with van der Waals surface area (Å²) >= 11 is 8.07.